The van der Waals surface area contributed by atoms with Crippen LogP contribution < -0.4 is 0 Å². The zero-order chi connectivity index (χ0) is 47.2. The molecule has 6 nitrogen and oxygen atoms in total. The number of allylic oxidation sites excluding steroid dienone is 6. The van der Waals surface area contributed by atoms with Gasteiger partial charge in [0.2, 0.25) is 0 Å². The first-order chi connectivity index (χ1) is 32.0. The maximum atomic E-state index is 12.8. The second-order valence-electron chi connectivity index (χ2n) is 19.2. The minimum atomic E-state index is -0.778. The van der Waals surface area contributed by atoms with Crippen molar-refractivity contribution in [1.82, 2.24) is 0 Å². The molecule has 1 atom stereocenters. The van der Waals surface area contributed by atoms with Gasteiger partial charge >= 0.3 is 17.9 Å². The Morgan fingerprint density at radius 2 is 0.554 bits per heavy atom. The van der Waals surface area contributed by atoms with Crippen molar-refractivity contribution in [3.63, 3.8) is 0 Å². The summed E-state index contributed by atoms with van der Waals surface area (Å²) in [7, 11) is 0. The van der Waals surface area contributed by atoms with Gasteiger partial charge in [0.1, 0.15) is 13.2 Å². The number of rotatable bonds is 52. The molecule has 380 valence electrons. The van der Waals surface area contributed by atoms with Crippen LogP contribution in [0.1, 0.15) is 303 Å². The predicted octanol–water partition coefficient (Wildman–Crippen LogP) is 18.9. The molecule has 0 aliphatic heterocycles. The standard InChI is InChI=1S/C59H108O6/c1-4-7-10-13-16-19-22-25-27-28-29-30-32-35-38-41-44-47-50-53-59(62)65-56(54-63-57(60)51-48-45-42-39-36-33-24-21-18-15-12-9-6-3)55-64-58(61)52-49-46-43-40-37-34-31-26-23-20-17-14-11-8-5-2/h17,20-21,24,26,31,56H,4-16,18-19,22-23,25,27-30,32-55H2,1-3H3/b20-17-,24-21-,31-26-/t56-/m0/s1. The number of hydrogen-bond donors (Lipinski definition) is 0. The van der Waals surface area contributed by atoms with E-state index in [-0.39, 0.29) is 31.1 Å². The quantitative estimate of drug-likeness (QED) is 0.0262. The van der Waals surface area contributed by atoms with E-state index in [1.165, 1.54) is 180 Å². The average molecular weight is 914 g/mol. The van der Waals surface area contributed by atoms with E-state index in [4.69, 9.17) is 14.2 Å². The van der Waals surface area contributed by atoms with Gasteiger partial charge in [-0.2, -0.15) is 0 Å². The molecule has 6 heteroatoms. The summed E-state index contributed by atoms with van der Waals surface area (Å²) in [6.07, 6.45) is 64.2. The zero-order valence-electron chi connectivity index (χ0n) is 43.5. The van der Waals surface area contributed by atoms with E-state index in [0.717, 1.165) is 83.5 Å². The summed E-state index contributed by atoms with van der Waals surface area (Å²) < 4.78 is 16.8. The highest BCUT2D eigenvalue weighted by molar-refractivity contribution is 5.71. The first-order valence-electron chi connectivity index (χ1n) is 28.5. The lowest BCUT2D eigenvalue weighted by Crippen LogP contribution is -2.30. The lowest BCUT2D eigenvalue weighted by Gasteiger charge is -2.18. The molecule has 0 rings (SSSR count). The maximum Gasteiger partial charge on any atom is 0.306 e. The van der Waals surface area contributed by atoms with Crippen LogP contribution in [0, 0.1) is 0 Å². The zero-order valence-corrected chi connectivity index (χ0v) is 43.5. The lowest BCUT2D eigenvalue weighted by molar-refractivity contribution is -0.167. The summed E-state index contributed by atoms with van der Waals surface area (Å²) in [6.45, 7) is 6.62. The van der Waals surface area contributed by atoms with Gasteiger partial charge in [-0.1, -0.05) is 243 Å². The van der Waals surface area contributed by atoms with Crippen molar-refractivity contribution in [1.29, 1.82) is 0 Å². The van der Waals surface area contributed by atoms with E-state index in [2.05, 4.69) is 57.2 Å². The fourth-order valence-electron chi connectivity index (χ4n) is 8.29. The second-order valence-corrected chi connectivity index (χ2v) is 19.2. The average Bonchev–Trinajstić information content (AvgIpc) is 3.30. The summed E-state index contributed by atoms with van der Waals surface area (Å²) in [6, 6.07) is 0. The van der Waals surface area contributed by atoms with E-state index in [9.17, 15) is 14.4 Å². The van der Waals surface area contributed by atoms with E-state index in [1.54, 1.807) is 0 Å². The molecule has 0 amide bonds. The molecule has 0 saturated heterocycles. The molecule has 0 radical (unpaired) electrons. The van der Waals surface area contributed by atoms with Crippen LogP contribution in [-0.4, -0.2) is 37.2 Å². The van der Waals surface area contributed by atoms with Gasteiger partial charge in [0.05, 0.1) is 0 Å². The number of carbonyl (C=O) groups excluding carboxylic acids is 3. The number of carbonyl (C=O) groups is 3. The second kappa shape index (κ2) is 54.2. The molecule has 0 aromatic carbocycles. The summed E-state index contributed by atoms with van der Waals surface area (Å²) in [5.41, 5.74) is 0. The molecule has 0 aromatic heterocycles. The van der Waals surface area contributed by atoms with Gasteiger partial charge in [0.15, 0.2) is 6.10 Å². The van der Waals surface area contributed by atoms with Crippen molar-refractivity contribution in [3.8, 4) is 0 Å². The Bertz CT molecular complexity index is 1090. The molecule has 0 fully saturated rings. The Kier molecular flexibility index (Phi) is 52.3. The largest absolute Gasteiger partial charge is 0.462 e. The first-order valence-corrected chi connectivity index (χ1v) is 28.5. The minimum absolute atomic E-state index is 0.0779. The highest BCUT2D eigenvalue weighted by Gasteiger charge is 2.19. The van der Waals surface area contributed by atoms with Crippen LogP contribution in [0.2, 0.25) is 0 Å². The molecular weight excluding hydrogens is 805 g/mol. The summed E-state index contributed by atoms with van der Waals surface area (Å²) in [5, 5.41) is 0. The Morgan fingerprint density at radius 1 is 0.308 bits per heavy atom. The molecule has 0 heterocycles. The van der Waals surface area contributed by atoms with Crippen molar-refractivity contribution in [2.24, 2.45) is 0 Å². The Labute approximate surface area is 404 Å². The van der Waals surface area contributed by atoms with Crippen LogP contribution in [0.5, 0.6) is 0 Å². The van der Waals surface area contributed by atoms with E-state index in [0.29, 0.717) is 19.3 Å². The van der Waals surface area contributed by atoms with Gasteiger partial charge in [0.25, 0.3) is 0 Å². The highest BCUT2D eigenvalue weighted by Crippen LogP contribution is 2.16. The third kappa shape index (κ3) is 52.5. The van der Waals surface area contributed by atoms with E-state index in [1.807, 2.05) is 0 Å². The molecule has 0 aromatic rings. The molecule has 0 aliphatic rings. The number of unbranched alkanes of at least 4 members (excludes halogenated alkanes) is 35. The molecule has 0 aliphatic carbocycles. The highest BCUT2D eigenvalue weighted by atomic mass is 16.6. The fourth-order valence-corrected chi connectivity index (χ4v) is 8.29. The van der Waals surface area contributed by atoms with Gasteiger partial charge in [-0.25, -0.2) is 0 Å². The fraction of sp³-hybridized carbons (Fsp3) is 0.847. The Morgan fingerprint density at radius 3 is 0.908 bits per heavy atom. The third-order valence-electron chi connectivity index (χ3n) is 12.6. The molecule has 0 unspecified atom stereocenters. The maximum absolute atomic E-state index is 12.8. The van der Waals surface area contributed by atoms with E-state index < -0.39 is 6.10 Å². The summed E-state index contributed by atoms with van der Waals surface area (Å²) >= 11 is 0. The van der Waals surface area contributed by atoms with Crippen LogP contribution >= 0.6 is 0 Å². The molecule has 0 spiro atoms. The van der Waals surface area contributed by atoms with Gasteiger partial charge in [0, 0.05) is 19.3 Å². The van der Waals surface area contributed by atoms with Crippen molar-refractivity contribution in [2.45, 2.75) is 309 Å². The topological polar surface area (TPSA) is 78.9 Å². The molecule has 65 heavy (non-hydrogen) atoms. The van der Waals surface area contributed by atoms with Crippen molar-refractivity contribution in [3.05, 3.63) is 36.5 Å². The molecule has 0 bridgehead atoms. The van der Waals surface area contributed by atoms with Crippen molar-refractivity contribution in [2.75, 3.05) is 13.2 Å². The van der Waals surface area contributed by atoms with Crippen LogP contribution in [0.25, 0.3) is 0 Å². The summed E-state index contributed by atoms with van der Waals surface area (Å²) in [4.78, 5) is 38.1. The third-order valence-corrected chi connectivity index (χ3v) is 12.6. The predicted molar refractivity (Wildman–Crippen MR) is 279 cm³/mol. The number of ether oxygens (including phenoxy) is 3. The van der Waals surface area contributed by atoms with Crippen LogP contribution in [0.4, 0.5) is 0 Å². The van der Waals surface area contributed by atoms with Crippen molar-refractivity contribution < 1.29 is 28.6 Å². The number of hydrogen-bond acceptors (Lipinski definition) is 6. The number of esters is 3. The van der Waals surface area contributed by atoms with Gasteiger partial charge < -0.3 is 14.2 Å². The lowest BCUT2D eigenvalue weighted by atomic mass is 10.0. The van der Waals surface area contributed by atoms with Crippen LogP contribution in [0.3, 0.4) is 0 Å². The SMILES string of the molecule is CCCCC/C=C\C/C=C\CCCCCCCC(=O)OC[C@H](COC(=O)CCCCCCC/C=C\CCCCCC)OC(=O)CCCCCCCCCCCCCCCCCCCCC. The van der Waals surface area contributed by atoms with Gasteiger partial charge in [-0.3, -0.25) is 14.4 Å². The summed E-state index contributed by atoms with van der Waals surface area (Å²) in [5.74, 6) is -0.884. The van der Waals surface area contributed by atoms with Crippen LogP contribution in [-0.2, 0) is 28.6 Å². The molecular formula is C59H108O6. The van der Waals surface area contributed by atoms with Gasteiger partial charge in [-0.05, 0) is 77.0 Å². The molecule has 0 N–H and O–H groups in total. The molecule has 0 saturated carbocycles. The van der Waals surface area contributed by atoms with Gasteiger partial charge in [-0.15, -0.1) is 0 Å². The monoisotopic (exact) mass is 913 g/mol. The van der Waals surface area contributed by atoms with E-state index >= 15 is 0 Å². The first kappa shape index (κ1) is 62.6. The Hall–Kier alpha value is -2.37. The smallest absolute Gasteiger partial charge is 0.306 e. The van der Waals surface area contributed by atoms with Crippen molar-refractivity contribution >= 4 is 17.9 Å². The Balaban J connectivity index is 4.34. The normalized spacial score (nSPS) is 12.2. The van der Waals surface area contributed by atoms with Crippen LogP contribution in [0.15, 0.2) is 36.5 Å². The minimum Gasteiger partial charge on any atom is -0.462 e.